The third-order valence-electron chi connectivity index (χ3n) is 3.42. The minimum absolute atomic E-state index is 0.0573. The summed E-state index contributed by atoms with van der Waals surface area (Å²) in [5, 5.41) is 10.2. The lowest BCUT2D eigenvalue weighted by Crippen LogP contribution is -2.31. The molecule has 0 atom stereocenters. The molecule has 2 heterocycles. The maximum Gasteiger partial charge on any atom is 0.156 e. The first-order valence-electron chi connectivity index (χ1n) is 6.52. The second-order valence-corrected chi connectivity index (χ2v) is 8.67. The molecular formula is C14H20N2O3S. The summed E-state index contributed by atoms with van der Waals surface area (Å²) in [6.07, 6.45) is 3.44. The van der Waals surface area contributed by atoms with Crippen LogP contribution in [0.15, 0.2) is 24.5 Å². The standard InChI is InChI=1S/C14H20N2O3S/c1-14(2,3)20(18,19)8-7-16-9-11(10-17)12-5-4-6-15-13(12)16/h4-6,9,17H,7-8,10H2,1-3H3. The summed E-state index contributed by atoms with van der Waals surface area (Å²) in [4.78, 5) is 4.27. The Labute approximate surface area is 119 Å². The van der Waals surface area contributed by atoms with Crippen LogP contribution in [-0.4, -0.2) is 33.6 Å². The van der Waals surface area contributed by atoms with Crippen molar-refractivity contribution in [2.24, 2.45) is 0 Å². The van der Waals surface area contributed by atoms with Gasteiger partial charge >= 0.3 is 0 Å². The zero-order chi connectivity index (χ0) is 15.0. The Balaban J connectivity index is 2.32. The number of aliphatic hydroxyl groups is 1. The van der Waals surface area contributed by atoms with Crippen molar-refractivity contribution in [3.8, 4) is 0 Å². The van der Waals surface area contributed by atoms with E-state index in [-0.39, 0.29) is 12.4 Å². The minimum Gasteiger partial charge on any atom is -0.392 e. The van der Waals surface area contributed by atoms with Crippen molar-refractivity contribution in [2.75, 3.05) is 5.75 Å². The fourth-order valence-corrected chi connectivity index (χ4v) is 3.07. The summed E-state index contributed by atoms with van der Waals surface area (Å²) in [6.45, 7) is 5.36. The van der Waals surface area contributed by atoms with E-state index in [1.165, 1.54) is 0 Å². The molecule has 0 bridgehead atoms. The van der Waals surface area contributed by atoms with E-state index in [2.05, 4.69) is 4.98 Å². The van der Waals surface area contributed by atoms with Gasteiger partial charge < -0.3 is 9.67 Å². The lowest BCUT2D eigenvalue weighted by molar-refractivity contribution is 0.283. The number of hydrogen-bond donors (Lipinski definition) is 1. The van der Waals surface area contributed by atoms with Gasteiger partial charge in [0.2, 0.25) is 0 Å². The summed E-state index contributed by atoms with van der Waals surface area (Å²) in [6, 6.07) is 3.68. The maximum absolute atomic E-state index is 12.2. The number of nitrogens with zero attached hydrogens (tertiary/aromatic N) is 2. The SMILES string of the molecule is CC(C)(C)S(=O)(=O)CCn1cc(CO)c2cccnc21. The van der Waals surface area contributed by atoms with Crippen molar-refractivity contribution in [3.63, 3.8) is 0 Å². The molecule has 2 rings (SSSR count). The molecule has 5 nitrogen and oxygen atoms in total. The molecule has 0 aliphatic rings. The van der Waals surface area contributed by atoms with Crippen molar-refractivity contribution in [1.82, 2.24) is 9.55 Å². The molecule has 0 saturated heterocycles. The van der Waals surface area contributed by atoms with Gasteiger partial charge in [0.1, 0.15) is 5.65 Å². The maximum atomic E-state index is 12.2. The molecule has 110 valence electrons. The first kappa shape index (κ1) is 15.0. The van der Waals surface area contributed by atoms with Crippen LogP contribution in [0.3, 0.4) is 0 Å². The number of rotatable bonds is 4. The topological polar surface area (TPSA) is 72.2 Å². The zero-order valence-corrected chi connectivity index (χ0v) is 12.8. The molecule has 0 radical (unpaired) electrons. The second kappa shape index (κ2) is 5.18. The largest absolute Gasteiger partial charge is 0.392 e. The van der Waals surface area contributed by atoms with Crippen LogP contribution in [0.25, 0.3) is 11.0 Å². The number of fused-ring (bicyclic) bond motifs is 1. The van der Waals surface area contributed by atoms with E-state index in [4.69, 9.17) is 0 Å². The smallest absolute Gasteiger partial charge is 0.156 e. The molecular weight excluding hydrogens is 276 g/mol. The van der Waals surface area contributed by atoms with Gasteiger partial charge in [0.15, 0.2) is 9.84 Å². The fraction of sp³-hybridized carbons (Fsp3) is 0.500. The van der Waals surface area contributed by atoms with E-state index in [9.17, 15) is 13.5 Å². The highest BCUT2D eigenvalue weighted by atomic mass is 32.2. The van der Waals surface area contributed by atoms with Gasteiger partial charge in [0.05, 0.1) is 17.1 Å². The Kier molecular flexibility index (Phi) is 3.88. The Morgan fingerprint density at radius 3 is 2.65 bits per heavy atom. The number of hydrogen-bond acceptors (Lipinski definition) is 4. The second-order valence-electron chi connectivity index (χ2n) is 5.81. The highest BCUT2D eigenvalue weighted by Crippen LogP contribution is 2.21. The summed E-state index contributed by atoms with van der Waals surface area (Å²) in [5.41, 5.74) is 1.47. The van der Waals surface area contributed by atoms with Gasteiger partial charge in [-0.25, -0.2) is 13.4 Å². The van der Waals surface area contributed by atoms with Gasteiger partial charge in [-0.05, 0) is 32.9 Å². The lowest BCUT2D eigenvalue weighted by Gasteiger charge is -2.19. The highest BCUT2D eigenvalue weighted by Gasteiger charge is 2.28. The van der Waals surface area contributed by atoms with Crippen LogP contribution in [-0.2, 0) is 23.0 Å². The number of aliphatic hydroxyl groups excluding tert-OH is 1. The van der Waals surface area contributed by atoms with Crippen LogP contribution in [0.2, 0.25) is 0 Å². The molecule has 0 saturated carbocycles. The summed E-state index contributed by atoms with van der Waals surface area (Å²) in [5.74, 6) is 0.0573. The predicted molar refractivity (Wildman–Crippen MR) is 79.2 cm³/mol. The minimum atomic E-state index is -3.17. The molecule has 0 spiro atoms. The summed E-state index contributed by atoms with van der Waals surface area (Å²) in [7, 11) is -3.17. The molecule has 20 heavy (non-hydrogen) atoms. The van der Waals surface area contributed by atoms with Crippen LogP contribution >= 0.6 is 0 Å². The van der Waals surface area contributed by atoms with Crippen LogP contribution in [0.5, 0.6) is 0 Å². The molecule has 0 aliphatic heterocycles. The highest BCUT2D eigenvalue weighted by molar-refractivity contribution is 7.92. The average Bonchev–Trinajstić information content (AvgIpc) is 2.73. The Hall–Kier alpha value is -1.40. The normalized spacial score (nSPS) is 13.0. The Bertz CT molecular complexity index is 712. The van der Waals surface area contributed by atoms with E-state index >= 15 is 0 Å². The van der Waals surface area contributed by atoms with Crippen LogP contribution < -0.4 is 0 Å². The molecule has 2 aromatic heterocycles. The summed E-state index contributed by atoms with van der Waals surface area (Å²) < 4.78 is 25.3. The van der Waals surface area contributed by atoms with E-state index in [1.54, 1.807) is 43.8 Å². The van der Waals surface area contributed by atoms with Gasteiger partial charge in [0, 0.05) is 29.9 Å². The van der Waals surface area contributed by atoms with Crippen LogP contribution in [0, 0.1) is 0 Å². The van der Waals surface area contributed by atoms with Crippen molar-refractivity contribution in [3.05, 3.63) is 30.1 Å². The Morgan fingerprint density at radius 1 is 1.35 bits per heavy atom. The third kappa shape index (κ3) is 2.71. The first-order chi connectivity index (χ1) is 9.26. The average molecular weight is 296 g/mol. The molecule has 0 fully saturated rings. The van der Waals surface area contributed by atoms with Gasteiger partial charge in [-0.3, -0.25) is 0 Å². The van der Waals surface area contributed by atoms with Crippen molar-refractivity contribution >= 4 is 20.9 Å². The van der Waals surface area contributed by atoms with Crippen LogP contribution in [0.1, 0.15) is 26.3 Å². The molecule has 2 aromatic rings. The van der Waals surface area contributed by atoms with E-state index in [1.807, 2.05) is 6.07 Å². The summed E-state index contributed by atoms with van der Waals surface area (Å²) >= 11 is 0. The van der Waals surface area contributed by atoms with Gasteiger partial charge in [0.25, 0.3) is 0 Å². The lowest BCUT2D eigenvalue weighted by atomic mass is 10.2. The van der Waals surface area contributed by atoms with Crippen LogP contribution in [0.4, 0.5) is 0 Å². The molecule has 0 aromatic carbocycles. The fourth-order valence-electron chi connectivity index (χ4n) is 2.02. The molecule has 0 unspecified atom stereocenters. The number of sulfone groups is 1. The molecule has 1 N–H and O–H groups in total. The molecule has 0 aliphatic carbocycles. The molecule has 0 amide bonds. The number of aryl methyl sites for hydroxylation is 1. The number of pyridine rings is 1. The third-order valence-corrected chi connectivity index (χ3v) is 6.01. The van der Waals surface area contributed by atoms with Crippen molar-refractivity contribution < 1.29 is 13.5 Å². The molecule has 6 heteroatoms. The quantitative estimate of drug-likeness (QED) is 0.933. The van der Waals surface area contributed by atoms with Crippen molar-refractivity contribution in [1.29, 1.82) is 0 Å². The Morgan fingerprint density at radius 2 is 2.05 bits per heavy atom. The van der Waals surface area contributed by atoms with Gasteiger partial charge in [-0.15, -0.1) is 0 Å². The zero-order valence-electron chi connectivity index (χ0n) is 12.0. The monoisotopic (exact) mass is 296 g/mol. The van der Waals surface area contributed by atoms with Gasteiger partial charge in [-0.2, -0.15) is 0 Å². The van der Waals surface area contributed by atoms with Crippen molar-refractivity contribution in [2.45, 2.75) is 38.7 Å². The predicted octanol–water partition coefficient (Wildman–Crippen LogP) is 1.74. The van der Waals surface area contributed by atoms with E-state index < -0.39 is 14.6 Å². The number of aromatic nitrogens is 2. The van der Waals surface area contributed by atoms with E-state index in [0.29, 0.717) is 12.2 Å². The van der Waals surface area contributed by atoms with E-state index in [0.717, 1.165) is 10.9 Å². The first-order valence-corrected chi connectivity index (χ1v) is 8.17. The van der Waals surface area contributed by atoms with Gasteiger partial charge in [-0.1, -0.05) is 0 Å².